The predicted octanol–water partition coefficient (Wildman–Crippen LogP) is 0.211. The average molecular weight is 154 g/mol. The fourth-order valence-electron chi connectivity index (χ4n) is 1.36. The topological polar surface area (TPSA) is 47.3 Å². The molecule has 1 heterocycles. The van der Waals surface area contributed by atoms with E-state index in [-0.39, 0.29) is 5.92 Å². The smallest absolute Gasteiger partial charge is 0.0862 e. The summed E-state index contributed by atoms with van der Waals surface area (Å²) in [6.45, 7) is 5.52. The lowest BCUT2D eigenvalue weighted by Crippen LogP contribution is -2.29. The van der Waals surface area contributed by atoms with Gasteiger partial charge < -0.3 is 5.11 Å². The average Bonchev–Trinajstić information content (AvgIpc) is 2.31. The fraction of sp³-hybridized carbons (Fsp3) is 0.875. The van der Waals surface area contributed by atoms with E-state index >= 15 is 0 Å². The van der Waals surface area contributed by atoms with Gasteiger partial charge in [-0.1, -0.05) is 0 Å². The molecule has 0 spiro atoms. The maximum Gasteiger partial charge on any atom is 0.0862 e. The van der Waals surface area contributed by atoms with E-state index in [9.17, 15) is 5.11 Å². The molecule has 3 heteroatoms. The first-order chi connectivity index (χ1) is 5.15. The highest BCUT2D eigenvalue weighted by atomic mass is 16.3. The third kappa shape index (κ3) is 1.70. The number of nitrogens with zero attached hydrogens (tertiary/aromatic N) is 2. The second-order valence-corrected chi connectivity index (χ2v) is 3.35. The molecule has 0 aromatic heterocycles. The molecule has 0 radical (unpaired) electrons. The number of nitriles is 1. The first-order valence-corrected chi connectivity index (χ1v) is 3.97. The van der Waals surface area contributed by atoms with Crippen molar-refractivity contribution in [3.8, 4) is 6.07 Å². The molecule has 0 aliphatic carbocycles. The van der Waals surface area contributed by atoms with Gasteiger partial charge >= 0.3 is 0 Å². The van der Waals surface area contributed by atoms with Crippen LogP contribution in [0.3, 0.4) is 0 Å². The molecule has 11 heavy (non-hydrogen) atoms. The van der Waals surface area contributed by atoms with Crippen molar-refractivity contribution < 1.29 is 5.11 Å². The summed E-state index contributed by atoms with van der Waals surface area (Å²) >= 11 is 0. The van der Waals surface area contributed by atoms with Crippen molar-refractivity contribution in [3.05, 3.63) is 0 Å². The third-order valence-corrected chi connectivity index (χ3v) is 2.21. The Morgan fingerprint density at radius 2 is 2.18 bits per heavy atom. The number of β-amino-alcohol motifs (C(OH)–C–C–N with tert-alkyl or cyclic N) is 1. The molecule has 0 bridgehead atoms. The minimum absolute atomic E-state index is 0.183. The Morgan fingerprint density at radius 3 is 2.45 bits per heavy atom. The summed E-state index contributed by atoms with van der Waals surface area (Å²) in [7, 11) is 0. The van der Waals surface area contributed by atoms with Gasteiger partial charge in [-0.05, 0) is 13.8 Å². The van der Waals surface area contributed by atoms with Gasteiger partial charge in [0.25, 0.3) is 0 Å². The van der Waals surface area contributed by atoms with Gasteiger partial charge in [-0.2, -0.15) is 5.26 Å². The van der Waals surface area contributed by atoms with Crippen LogP contribution >= 0.6 is 0 Å². The molecule has 0 unspecified atom stereocenters. The van der Waals surface area contributed by atoms with Gasteiger partial charge in [0.2, 0.25) is 0 Å². The van der Waals surface area contributed by atoms with Gasteiger partial charge in [-0.3, -0.25) is 4.90 Å². The van der Waals surface area contributed by atoms with Gasteiger partial charge in [0.15, 0.2) is 0 Å². The van der Waals surface area contributed by atoms with Gasteiger partial charge in [0.05, 0.1) is 18.1 Å². The summed E-state index contributed by atoms with van der Waals surface area (Å²) in [5.74, 6) is -0.183. The molecular formula is C8H14N2O. The van der Waals surface area contributed by atoms with Crippen LogP contribution in [0.5, 0.6) is 0 Å². The molecule has 1 aliphatic heterocycles. The molecule has 3 nitrogen and oxygen atoms in total. The van der Waals surface area contributed by atoms with Crippen LogP contribution in [0, 0.1) is 17.2 Å². The Labute approximate surface area is 67.2 Å². The van der Waals surface area contributed by atoms with Gasteiger partial charge in [0.1, 0.15) is 0 Å². The molecule has 0 saturated carbocycles. The van der Waals surface area contributed by atoms with Crippen LogP contribution in [0.15, 0.2) is 0 Å². The van der Waals surface area contributed by atoms with Gasteiger partial charge in [-0.25, -0.2) is 0 Å². The lowest BCUT2D eigenvalue weighted by molar-refractivity contribution is 0.153. The van der Waals surface area contributed by atoms with E-state index in [0.717, 1.165) is 6.54 Å². The van der Waals surface area contributed by atoms with Crippen molar-refractivity contribution in [3.63, 3.8) is 0 Å². The molecule has 1 N–H and O–H groups in total. The summed E-state index contributed by atoms with van der Waals surface area (Å²) < 4.78 is 0. The van der Waals surface area contributed by atoms with Crippen molar-refractivity contribution in [1.29, 1.82) is 5.26 Å². The second-order valence-electron chi connectivity index (χ2n) is 3.35. The fourth-order valence-corrected chi connectivity index (χ4v) is 1.36. The highest BCUT2D eigenvalue weighted by Crippen LogP contribution is 2.17. The standard InChI is InChI=1S/C8H14N2O/c1-6(2)10-4-7(3-9)8(11)5-10/h6-8,11H,4-5H2,1-2H3/t7-,8-/m0/s1. The Kier molecular flexibility index (Phi) is 2.48. The molecule has 62 valence electrons. The zero-order valence-electron chi connectivity index (χ0n) is 6.99. The highest BCUT2D eigenvalue weighted by molar-refractivity contribution is 4.97. The summed E-state index contributed by atoms with van der Waals surface area (Å²) in [6, 6.07) is 2.54. The maximum absolute atomic E-state index is 9.34. The van der Waals surface area contributed by atoms with Crippen LogP contribution in [0.1, 0.15) is 13.8 Å². The Morgan fingerprint density at radius 1 is 1.55 bits per heavy atom. The number of aliphatic hydroxyl groups excluding tert-OH is 1. The molecule has 1 aliphatic rings. The summed E-state index contributed by atoms with van der Waals surface area (Å²) in [5, 5.41) is 17.9. The minimum Gasteiger partial charge on any atom is -0.390 e. The van der Waals surface area contributed by atoms with E-state index in [4.69, 9.17) is 5.26 Å². The Bertz CT molecular complexity index is 173. The number of hydrogen-bond acceptors (Lipinski definition) is 3. The summed E-state index contributed by atoms with van der Waals surface area (Å²) in [4.78, 5) is 2.12. The van der Waals surface area contributed by atoms with Crippen molar-refractivity contribution in [2.75, 3.05) is 13.1 Å². The Balaban J connectivity index is 2.51. The second kappa shape index (κ2) is 3.21. The predicted molar refractivity (Wildman–Crippen MR) is 41.8 cm³/mol. The SMILES string of the molecule is CC(C)N1C[C@H](O)[C@@H](C#N)C1. The van der Waals surface area contributed by atoms with Crippen LogP contribution in [0.25, 0.3) is 0 Å². The van der Waals surface area contributed by atoms with E-state index in [1.165, 1.54) is 0 Å². The first-order valence-electron chi connectivity index (χ1n) is 3.97. The van der Waals surface area contributed by atoms with E-state index < -0.39 is 6.10 Å². The van der Waals surface area contributed by atoms with E-state index in [0.29, 0.717) is 12.6 Å². The summed E-state index contributed by atoms with van der Waals surface area (Å²) in [6.07, 6.45) is -0.442. The number of hydrogen-bond donors (Lipinski definition) is 1. The lowest BCUT2D eigenvalue weighted by atomic mass is 10.1. The highest BCUT2D eigenvalue weighted by Gasteiger charge is 2.32. The Hall–Kier alpha value is -0.590. The van der Waals surface area contributed by atoms with E-state index in [1.807, 2.05) is 0 Å². The third-order valence-electron chi connectivity index (χ3n) is 2.21. The molecule has 0 aromatic rings. The quantitative estimate of drug-likeness (QED) is 0.587. The molecule has 2 atom stereocenters. The van der Waals surface area contributed by atoms with Crippen molar-refractivity contribution in [2.24, 2.45) is 5.92 Å². The largest absolute Gasteiger partial charge is 0.390 e. The van der Waals surface area contributed by atoms with Crippen LogP contribution in [-0.4, -0.2) is 35.2 Å². The van der Waals surface area contributed by atoms with Crippen molar-refractivity contribution >= 4 is 0 Å². The van der Waals surface area contributed by atoms with Crippen LogP contribution < -0.4 is 0 Å². The number of rotatable bonds is 1. The van der Waals surface area contributed by atoms with Gasteiger partial charge in [0, 0.05) is 19.1 Å². The lowest BCUT2D eigenvalue weighted by Gasteiger charge is -2.18. The number of aliphatic hydroxyl groups is 1. The van der Waals surface area contributed by atoms with E-state index in [1.54, 1.807) is 0 Å². The molecule has 1 fully saturated rings. The molecule has 1 saturated heterocycles. The normalized spacial score (nSPS) is 32.6. The van der Waals surface area contributed by atoms with Gasteiger partial charge in [-0.15, -0.1) is 0 Å². The zero-order valence-corrected chi connectivity index (χ0v) is 6.99. The van der Waals surface area contributed by atoms with Crippen molar-refractivity contribution in [2.45, 2.75) is 26.0 Å². The van der Waals surface area contributed by atoms with Crippen molar-refractivity contribution in [1.82, 2.24) is 4.90 Å². The minimum atomic E-state index is -0.442. The van der Waals surface area contributed by atoms with Crippen LogP contribution in [0.4, 0.5) is 0 Å². The van der Waals surface area contributed by atoms with Crippen LogP contribution in [-0.2, 0) is 0 Å². The maximum atomic E-state index is 9.34. The van der Waals surface area contributed by atoms with E-state index in [2.05, 4.69) is 24.8 Å². The monoisotopic (exact) mass is 154 g/mol. The molecule has 0 aromatic carbocycles. The first kappa shape index (κ1) is 8.51. The molecular weight excluding hydrogens is 140 g/mol. The summed E-state index contributed by atoms with van der Waals surface area (Å²) in [5.41, 5.74) is 0. The zero-order chi connectivity index (χ0) is 8.43. The van der Waals surface area contributed by atoms with Crippen LogP contribution in [0.2, 0.25) is 0 Å². The number of likely N-dealkylation sites (tertiary alicyclic amines) is 1. The molecule has 1 rings (SSSR count). The molecule has 0 amide bonds.